The lowest BCUT2D eigenvalue weighted by atomic mass is 10.2. The maximum Gasteiger partial charge on any atom is 0.235 e. The SMILES string of the molecule is CCCCCOc1ccc(CNC(=O)CCl)cc1. The quantitative estimate of drug-likeness (QED) is 0.582. The fourth-order valence-electron chi connectivity index (χ4n) is 1.49. The van der Waals surface area contributed by atoms with Crippen LogP contribution in [0.25, 0.3) is 0 Å². The Balaban J connectivity index is 2.31. The summed E-state index contributed by atoms with van der Waals surface area (Å²) >= 11 is 5.39. The second-order valence-electron chi connectivity index (χ2n) is 4.11. The van der Waals surface area contributed by atoms with Gasteiger partial charge < -0.3 is 10.1 Å². The van der Waals surface area contributed by atoms with Gasteiger partial charge in [-0.2, -0.15) is 0 Å². The van der Waals surface area contributed by atoms with Gasteiger partial charge in [0.15, 0.2) is 0 Å². The summed E-state index contributed by atoms with van der Waals surface area (Å²) in [6.45, 7) is 3.43. The molecule has 1 amide bonds. The molecule has 1 aromatic rings. The van der Waals surface area contributed by atoms with Crippen molar-refractivity contribution in [1.29, 1.82) is 0 Å². The van der Waals surface area contributed by atoms with Crippen LogP contribution in [0.2, 0.25) is 0 Å². The third-order valence-electron chi connectivity index (χ3n) is 2.55. The predicted molar refractivity (Wildman–Crippen MR) is 74.0 cm³/mol. The fraction of sp³-hybridized carbons (Fsp3) is 0.500. The molecule has 4 heteroatoms. The van der Waals surface area contributed by atoms with Crippen molar-refractivity contribution in [1.82, 2.24) is 5.32 Å². The average molecular weight is 270 g/mol. The number of rotatable bonds is 8. The second kappa shape index (κ2) is 8.81. The van der Waals surface area contributed by atoms with Crippen molar-refractivity contribution in [2.24, 2.45) is 0 Å². The Morgan fingerprint density at radius 2 is 2.00 bits per heavy atom. The number of carbonyl (C=O) groups excluding carboxylic acids is 1. The van der Waals surface area contributed by atoms with Crippen LogP contribution in [0.4, 0.5) is 0 Å². The zero-order chi connectivity index (χ0) is 13.2. The number of hydrogen-bond acceptors (Lipinski definition) is 2. The molecule has 100 valence electrons. The van der Waals surface area contributed by atoms with Crippen LogP contribution in [-0.4, -0.2) is 18.4 Å². The Morgan fingerprint density at radius 1 is 1.28 bits per heavy atom. The highest BCUT2D eigenvalue weighted by atomic mass is 35.5. The van der Waals surface area contributed by atoms with Gasteiger partial charge in [0.1, 0.15) is 11.6 Å². The zero-order valence-corrected chi connectivity index (χ0v) is 11.5. The largest absolute Gasteiger partial charge is 0.494 e. The number of amides is 1. The third kappa shape index (κ3) is 5.92. The first-order valence-corrected chi connectivity index (χ1v) is 6.84. The summed E-state index contributed by atoms with van der Waals surface area (Å²) in [6.07, 6.45) is 3.48. The Morgan fingerprint density at radius 3 is 2.61 bits per heavy atom. The van der Waals surface area contributed by atoms with E-state index in [0.29, 0.717) is 6.54 Å². The van der Waals surface area contributed by atoms with E-state index in [1.165, 1.54) is 12.8 Å². The van der Waals surface area contributed by atoms with Crippen LogP contribution < -0.4 is 10.1 Å². The molecule has 0 heterocycles. The smallest absolute Gasteiger partial charge is 0.235 e. The number of hydrogen-bond donors (Lipinski definition) is 1. The molecule has 18 heavy (non-hydrogen) atoms. The van der Waals surface area contributed by atoms with Crippen LogP contribution in [0.3, 0.4) is 0 Å². The van der Waals surface area contributed by atoms with Crippen molar-refractivity contribution >= 4 is 17.5 Å². The predicted octanol–water partition coefficient (Wildman–Crippen LogP) is 3.11. The summed E-state index contributed by atoms with van der Waals surface area (Å²) in [5, 5.41) is 2.72. The molecule has 3 nitrogen and oxygen atoms in total. The highest BCUT2D eigenvalue weighted by molar-refractivity contribution is 6.27. The zero-order valence-electron chi connectivity index (χ0n) is 10.7. The molecule has 0 radical (unpaired) electrons. The number of alkyl halides is 1. The van der Waals surface area contributed by atoms with E-state index in [4.69, 9.17) is 16.3 Å². The number of nitrogens with one attached hydrogen (secondary N) is 1. The van der Waals surface area contributed by atoms with Crippen LogP contribution in [0, 0.1) is 0 Å². The normalized spacial score (nSPS) is 10.1. The lowest BCUT2D eigenvalue weighted by molar-refractivity contribution is -0.118. The highest BCUT2D eigenvalue weighted by Gasteiger charge is 1.99. The van der Waals surface area contributed by atoms with Gasteiger partial charge in [-0.25, -0.2) is 0 Å². The first-order valence-electron chi connectivity index (χ1n) is 6.30. The van der Waals surface area contributed by atoms with E-state index in [-0.39, 0.29) is 11.8 Å². The van der Waals surface area contributed by atoms with E-state index in [2.05, 4.69) is 12.2 Å². The molecule has 0 fully saturated rings. The van der Waals surface area contributed by atoms with Gasteiger partial charge in [0.05, 0.1) is 6.61 Å². The topological polar surface area (TPSA) is 38.3 Å². The molecule has 0 saturated carbocycles. The molecule has 0 aliphatic rings. The monoisotopic (exact) mass is 269 g/mol. The van der Waals surface area contributed by atoms with E-state index in [9.17, 15) is 4.79 Å². The lowest BCUT2D eigenvalue weighted by Gasteiger charge is -2.07. The van der Waals surface area contributed by atoms with Crippen molar-refractivity contribution in [3.8, 4) is 5.75 Å². The minimum Gasteiger partial charge on any atom is -0.494 e. The Bertz CT molecular complexity index is 351. The fourth-order valence-corrected chi connectivity index (χ4v) is 1.59. The summed E-state index contributed by atoms with van der Waals surface area (Å²) in [5.74, 6) is 0.716. The van der Waals surface area contributed by atoms with Crippen molar-refractivity contribution in [3.05, 3.63) is 29.8 Å². The maximum absolute atomic E-state index is 11.0. The van der Waals surface area contributed by atoms with Crippen molar-refractivity contribution in [2.45, 2.75) is 32.7 Å². The maximum atomic E-state index is 11.0. The minimum absolute atomic E-state index is 0.00137. The van der Waals surface area contributed by atoms with Crippen molar-refractivity contribution in [3.63, 3.8) is 0 Å². The number of carbonyl (C=O) groups is 1. The highest BCUT2D eigenvalue weighted by Crippen LogP contribution is 2.12. The summed E-state index contributed by atoms with van der Waals surface area (Å²) in [6, 6.07) is 7.75. The second-order valence-corrected chi connectivity index (χ2v) is 4.38. The van der Waals surface area contributed by atoms with E-state index in [1.54, 1.807) is 0 Å². The summed E-state index contributed by atoms with van der Waals surface area (Å²) in [7, 11) is 0. The number of halogens is 1. The molecule has 1 N–H and O–H groups in total. The molecule has 0 aromatic heterocycles. The van der Waals surface area contributed by atoms with Crippen LogP contribution in [0.1, 0.15) is 31.7 Å². The number of benzene rings is 1. The van der Waals surface area contributed by atoms with Gasteiger partial charge in [-0.1, -0.05) is 31.9 Å². The van der Waals surface area contributed by atoms with Gasteiger partial charge in [0.25, 0.3) is 0 Å². The summed E-state index contributed by atoms with van der Waals surface area (Å²) in [4.78, 5) is 11.0. The van der Waals surface area contributed by atoms with Gasteiger partial charge in [0.2, 0.25) is 5.91 Å². The molecular weight excluding hydrogens is 250 g/mol. The first kappa shape index (κ1) is 14.8. The molecule has 0 saturated heterocycles. The van der Waals surface area contributed by atoms with E-state index in [0.717, 1.165) is 24.3 Å². The molecule has 0 spiro atoms. The van der Waals surface area contributed by atoms with Gasteiger partial charge in [-0.05, 0) is 24.1 Å². The molecule has 0 aliphatic carbocycles. The Hall–Kier alpha value is -1.22. The van der Waals surface area contributed by atoms with Crippen LogP contribution >= 0.6 is 11.6 Å². The number of unbranched alkanes of at least 4 members (excludes halogenated alkanes) is 2. The van der Waals surface area contributed by atoms with Gasteiger partial charge in [-0.15, -0.1) is 11.6 Å². The molecule has 0 atom stereocenters. The lowest BCUT2D eigenvalue weighted by Crippen LogP contribution is -2.23. The van der Waals surface area contributed by atoms with Gasteiger partial charge in [-0.3, -0.25) is 4.79 Å². The van der Waals surface area contributed by atoms with Crippen molar-refractivity contribution < 1.29 is 9.53 Å². The van der Waals surface area contributed by atoms with E-state index in [1.807, 2.05) is 24.3 Å². The van der Waals surface area contributed by atoms with Crippen LogP contribution in [0.5, 0.6) is 5.75 Å². The van der Waals surface area contributed by atoms with Gasteiger partial charge >= 0.3 is 0 Å². The summed E-state index contributed by atoms with van der Waals surface area (Å²) in [5.41, 5.74) is 1.04. The molecule has 0 unspecified atom stereocenters. The van der Waals surface area contributed by atoms with Crippen LogP contribution in [0.15, 0.2) is 24.3 Å². The standard InChI is InChI=1S/C14H20ClNO2/c1-2-3-4-9-18-13-7-5-12(6-8-13)11-16-14(17)10-15/h5-8H,2-4,9-11H2,1H3,(H,16,17). The molecule has 0 bridgehead atoms. The first-order chi connectivity index (χ1) is 8.76. The Labute approximate surface area is 113 Å². The minimum atomic E-state index is -0.156. The van der Waals surface area contributed by atoms with Gasteiger partial charge in [0, 0.05) is 6.54 Å². The average Bonchev–Trinajstić information content (AvgIpc) is 2.42. The molecule has 1 rings (SSSR count). The van der Waals surface area contributed by atoms with Crippen LogP contribution in [-0.2, 0) is 11.3 Å². The number of ether oxygens (including phenoxy) is 1. The van der Waals surface area contributed by atoms with Crippen molar-refractivity contribution in [2.75, 3.05) is 12.5 Å². The molecule has 1 aromatic carbocycles. The third-order valence-corrected chi connectivity index (χ3v) is 2.79. The Kier molecular flexibility index (Phi) is 7.26. The molecule has 0 aliphatic heterocycles. The van der Waals surface area contributed by atoms with E-state index >= 15 is 0 Å². The molecular formula is C14H20ClNO2. The summed E-state index contributed by atoms with van der Waals surface area (Å²) < 4.78 is 5.60. The van der Waals surface area contributed by atoms with E-state index < -0.39 is 0 Å².